The molecule has 0 fully saturated rings. The Morgan fingerprint density at radius 2 is 1.58 bits per heavy atom. The summed E-state index contributed by atoms with van der Waals surface area (Å²) >= 11 is 0. The Bertz CT molecular complexity index is 744. The van der Waals surface area contributed by atoms with Gasteiger partial charge in [-0.25, -0.2) is 0 Å². The number of aromatic nitrogens is 2. The van der Waals surface area contributed by atoms with Gasteiger partial charge in [-0.2, -0.15) is 5.10 Å². The Hall–Kier alpha value is -2.39. The molecule has 0 atom stereocenters. The van der Waals surface area contributed by atoms with Gasteiger partial charge < -0.3 is 4.90 Å². The lowest BCUT2D eigenvalue weighted by Gasteiger charge is -2.16. The zero-order chi connectivity index (χ0) is 16.8. The van der Waals surface area contributed by atoms with Crippen LogP contribution in [0.15, 0.2) is 60.8 Å². The predicted molar refractivity (Wildman–Crippen MR) is 101 cm³/mol. The number of H-pyrrole nitrogens is 1. The lowest BCUT2D eigenvalue weighted by atomic mass is 10.0. The van der Waals surface area contributed by atoms with E-state index in [1.807, 2.05) is 12.3 Å². The van der Waals surface area contributed by atoms with Gasteiger partial charge in [-0.3, -0.25) is 5.10 Å². The maximum absolute atomic E-state index is 4.26. The van der Waals surface area contributed by atoms with Crippen LogP contribution in [-0.2, 0) is 6.54 Å². The smallest absolute Gasteiger partial charge is 0.0695 e. The second-order valence-corrected chi connectivity index (χ2v) is 6.30. The van der Waals surface area contributed by atoms with E-state index in [9.17, 15) is 0 Å². The minimum Gasteiger partial charge on any atom is -0.302 e. The summed E-state index contributed by atoms with van der Waals surface area (Å²) in [4.78, 5) is 2.36. The zero-order valence-corrected chi connectivity index (χ0v) is 14.5. The van der Waals surface area contributed by atoms with Crippen LogP contribution in [0.1, 0.15) is 25.3 Å². The van der Waals surface area contributed by atoms with Crippen molar-refractivity contribution in [1.82, 2.24) is 15.1 Å². The maximum atomic E-state index is 4.26. The summed E-state index contributed by atoms with van der Waals surface area (Å²) in [5.41, 5.74) is 6.04. The highest BCUT2D eigenvalue weighted by molar-refractivity contribution is 5.69. The van der Waals surface area contributed by atoms with Crippen molar-refractivity contribution in [3.63, 3.8) is 0 Å². The standard InChI is InChI=1S/C21H25N3/c1-3-4-14-24(2)16-20-15-22-23-21(20)19-12-10-18(11-13-19)17-8-6-5-7-9-17/h5-13,15H,3-4,14,16H2,1-2H3,(H,22,23). The van der Waals surface area contributed by atoms with Gasteiger partial charge in [0.1, 0.15) is 0 Å². The second-order valence-electron chi connectivity index (χ2n) is 6.30. The van der Waals surface area contributed by atoms with Crippen LogP contribution >= 0.6 is 0 Å². The summed E-state index contributed by atoms with van der Waals surface area (Å²) in [6.07, 6.45) is 4.40. The molecular weight excluding hydrogens is 294 g/mol. The molecule has 0 aliphatic carbocycles. The van der Waals surface area contributed by atoms with E-state index in [2.05, 4.69) is 77.6 Å². The molecule has 0 aliphatic heterocycles. The first-order chi connectivity index (χ1) is 11.8. The van der Waals surface area contributed by atoms with Crippen molar-refractivity contribution in [2.24, 2.45) is 0 Å². The minimum absolute atomic E-state index is 0.923. The molecule has 3 heteroatoms. The summed E-state index contributed by atoms with van der Waals surface area (Å²) < 4.78 is 0. The fourth-order valence-electron chi connectivity index (χ4n) is 2.94. The van der Waals surface area contributed by atoms with Gasteiger partial charge in [-0.1, -0.05) is 67.9 Å². The topological polar surface area (TPSA) is 31.9 Å². The van der Waals surface area contributed by atoms with Gasteiger partial charge >= 0.3 is 0 Å². The van der Waals surface area contributed by atoms with Gasteiger partial charge in [0, 0.05) is 12.1 Å². The number of nitrogens with one attached hydrogen (secondary N) is 1. The minimum atomic E-state index is 0.923. The first kappa shape index (κ1) is 16.5. The SMILES string of the molecule is CCCCN(C)Cc1cn[nH]c1-c1ccc(-c2ccccc2)cc1. The second kappa shape index (κ2) is 7.93. The Morgan fingerprint density at radius 3 is 2.29 bits per heavy atom. The first-order valence-electron chi connectivity index (χ1n) is 8.64. The molecule has 3 rings (SSSR count). The number of aromatic amines is 1. The molecule has 0 aliphatic rings. The molecule has 3 nitrogen and oxygen atoms in total. The summed E-state index contributed by atoms with van der Waals surface area (Å²) in [6, 6.07) is 19.2. The lowest BCUT2D eigenvalue weighted by molar-refractivity contribution is 0.321. The third-order valence-corrected chi connectivity index (χ3v) is 4.33. The molecule has 1 aromatic heterocycles. The van der Waals surface area contributed by atoms with E-state index in [4.69, 9.17) is 0 Å². The molecule has 0 radical (unpaired) electrons. The highest BCUT2D eigenvalue weighted by atomic mass is 15.1. The molecule has 1 heterocycles. The van der Waals surface area contributed by atoms with Crippen LogP contribution in [0, 0.1) is 0 Å². The Kier molecular flexibility index (Phi) is 5.44. The molecule has 124 valence electrons. The first-order valence-corrected chi connectivity index (χ1v) is 8.64. The van der Waals surface area contributed by atoms with E-state index in [-0.39, 0.29) is 0 Å². The van der Waals surface area contributed by atoms with Crippen LogP contribution in [-0.4, -0.2) is 28.7 Å². The normalized spacial score (nSPS) is 11.1. The number of hydrogen-bond acceptors (Lipinski definition) is 2. The third kappa shape index (κ3) is 3.92. The predicted octanol–water partition coefficient (Wildman–Crippen LogP) is 4.98. The molecular formula is C21H25N3. The Balaban J connectivity index is 1.77. The molecule has 24 heavy (non-hydrogen) atoms. The molecule has 3 aromatic rings. The van der Waals surface area contributed by atoms with Crippen molar-refractivity contribution >= 4 is 0 Å². The van der Waals surface area contributed by atoms with Crippen molar-refractivity contribution < 1.29 is 0 Å². The number of nitrogens with zero attached hydrogens (tertiary/aromatic N) is 2. The number of unbranched alkanes of at least 4 members (excludes halogenated alkanes) is 1. The summed E-state index contributed by atoms with van der Waals surface area (Å²) in [5, 5.41) is 7.43. The fraction of sp³-hybridized carbons (Fsp3) is 0.286. The van der Waals surface area contributed by atoms with Crippen LogP contribution in [0.4, 0.5) is 0 Å². The van der Waals surface area contributed by atoms with Gasteiger partial charge in [-0.05, 0) is 36.7 Å². The summed E-state index contributed by atoms with van der Waals surface area (Å²) in [6.45, 7) is 4.27. The summed E-state index contributed by atoms with van der Waals surface area (Å²) in [7, 11) is 2.17. The van der Waals surface area contributed by atoms with Crippen LogP contribution in [0.25, 0.3) is 22.4 Å². The molecule has 0 saturated heterocycles. The van der Waals surface area contributed by atoms with Gasteiger partial charge in [-0.15, -0.1) is 0 Å². The highest BCUT2D eigenvalue weighted by Gasteiger charge is 2.10. The van der Waals surface area contributed by atoms with E-state index in [0.29, 0.717) is 0 Å². The number of hydrogen-bond donors (Lipinski definition) is 1. The molecule has 0 spiro atoms. The van der Waals surface area contributed by atoms with E-state index in [1.54, 1.807) is 0 Å². The van der Waals surface area contributed by atoms with Crippen LogP contribution in [0.2, 0.25) is 0 Å². The maximum Gasteiger partial charge on any atom is 0.0695 e. The highest BCUT2D eigenvalue weighted by Crippen LogP contribution is 2.26. The molecule has 0 unspecified atom stereocenters. The van der Waals surface area contributed by atoms with Crippen LogP contribution in [0.3, 0.4) is 0 Å². The third-order valence-electron chi connectivity index (χ3n) is 4.33. The van der Waals surface area contributed by atoms with Gasteiger partial charge in [0.2, 0.25) is 0 Å². The lowest BCUT2D eigenvalue weighted by Crippen LogP contribution is -2.19. The molecule has 0 bridgehead atoms. The van der Waals surface area contributed by atoms with Crippen molar-refractivity contribution in [1.29, 1.82) is 0 Å². The van der Waals surface area contributed by atoms with Crippen molar-refractivity contribution in [2.75, 3.05) is 13.6 Å². The zero-order valence-electron chi connectivity index (χ0n) is 14.5. The van der Waals surface area contributed by atoms with E-state index < -0.39 is 0 Å². The molecule has 0 saturated carbocycles. The van der Waals surface area contributed by atoms with Gasteiger partial charge in [0.25, 0.3) is 0 Å². The largest absolute Gasteiger partial charge is 0.302 e. The molecule has 0 amide bonds. The fourth-order valence-corrected chi connectivity index (χ4v) is 2.94. The van der Waals surface area contributed by atoms with Crippen molar-refractivity contribution in [3.8, 4) is 22.4 Å². The average molecular weight is 319 g/mol. The van der Waals surface area contributed by atoms with Crippen molar-refractivity contribution in [2.45, 2.75) is 26.3 Å². The number of rotatable bonds is 7. The quantitative estimate of drug-likeness (QED) is 0.666. The van der Waals surface area contributed by atoms with Crippen LogP contribution < -0.4 is 0 Å². The van der Waals surface area contributed by atoms with Crippen molar-refractivity contribution in [3.05, 3.63) is 66.4 Å². The van der Waals surface area contributed by atoms with E-state index >= 15 is 0 Å². The number of benzene rings is 2. The van der Waals surface area contributed by atoms with E-state index in [1.165, 1.54) is 35.1 Å². The monoisotopic (exact) mass is 319 g/mol. The summed E-state index contributed by atoms with van der Waals surface area (Å²) in [5.74, 6) is 0. The van der Waals surface area contributed by atoms with Crippen LogP contribution in [0.5, 0.6) is 0 Å². The van der Waals surface area contributed by atoms with E-state index in [0.717, 1.165) is 18.8 Å². The van der Waals surface area contributed by atoms with Gasteiger partial charge in [0.05, 0.1) is 11.9 Å². The average Bonchev–Trinajstić information content (AvgIpc) is 3.09. The Morgan fingerprint density at radius 1 is 0.917 bits per heavy atom. The Labute approximate surface area is 144 Å². The van der Waals surface area contributed by atoms with Gasteiger partial charge in [0.15, 0.2) is 0 Å². The molecule has 2 aromatic carbocycles. The molecule has 1 N–H and O–H groups in total.